The number of carbonyl (C=O) groups is 2. The fourth-order valence-electron chi connectivity index (χ4n) is 2.46. The summed E-state index contributed by atoms with van der Waals surface area (Å²) in [6.45, 7) is -1.23. The van der Waals surface area contributed by atoms with E-state index in [9.17, 15) is 18.4 Å². The Morgan fingerprint density at radius 1 is 1.07 bits per heavy atom. The van der Waals surface area contributed by atoms with E-state index in [0.717, 1.165) is 0 Å². The molecule has 1 amide bonds. The van der Waals surface area contributed by atoms with Gasteiger partial charge in [-0.15, -0.1) is 0 Å². The number of benzene rings is 2. The molecule has 0 saturated carbocycles. The molecule has 0 aromatic heterocycles. The predicted octanol–water partition coefficient (Wildman–Crippen LogP) is 3.34. The van der Waals surface area contributed by atoms with Gasteiger partial charge in [0.05, 0.1) is 17.9 Å². The van der Waals surface area contributed by atoms with E-state index in [2.05, 4.69) is 15.4 Å². The predicted molar refractivity (Wildman–Crippen MR) is 103 cm³/mol. The summed E-state index contributed by atoms with van der Waals surface area (Å²) in [5.74, 6) is -1.10. The third kappa shape index (κ3) is 7.38. The van der Waals surface area contributed by atoms with E-state index in [0.29, 0.717) is 18.0 Å². The smallest absolute Gasteiger partial charge is 0.387 e. The number of alkyl halides is 2. The van der Waals surface area contributed by atoms with E-state index >= 15 is 0 Å². The lowest BCUT2D eigenvalue weighted by Crippen LogP contribution is -2.38. The van der Waals surface area contributed by atoms with Crippen molar-refractivity contribution in [2.45, 2.75) is 19.6 Å². The molecule has 0 aliphatic rings. The largest absolute Gasteiger partial charge is 0.452 e. The number of methoxy groups -OCH3 is 1. The van der Waals surface area contributed by atoms with E-state index in [1.807, 2.05) is 0 Å². The van der Waals surface area contributed by atoms with Crippen LogP contribution in [0.1, 0.15) is 17.3 Å². The maximum atomic E-state index is 12.4. The minimum atomic E-state index is -2.90. The first-order valence-electron chi connectivity index (χ1n) is 8.75. The van der Waals surface area contributed by atoms with Crippen molar-refractivity contribution >= 4 is 23.3 Å². The molecule has 1 unspecified atom stereocenters. The Hall–Kier alpha value is -3.20. The third-order valence-corrected chi connectivity index (χ3v) is 3.66. The minimum Gasteiger partial charge on any atom is -0.452 e. The molecule has 2 N–H and O–H groups in total. The van der Waals surface area contributed by atoms with Gasteiger partial charge in [0.2, 0.25) is 0 Å². The van der Waals surface area contributed by atoms with Gasteiger partial charge in [0, 0.05) is 18.8 Å². The normalized spacial score (nSPS) is 11.6. The van der Waals surface area contributed by atoms with Gasteiger partial charge in [-0.05, 0) is 43.3 Å². The molecule has 0 saturated heterocycles. The van der Waals surface area contributed by atoms with Crippen LogP contribution in [0.15, 0.2) is 48.5 Å². The zero-order valence-corrected chi connectivity index (χ0v) is 16.0. The lowest BCUT2D eigenvalue weighted by atomic mass is 10.1. The SMILES string of the molecule is COCC(C)NC(=O)COC(=O)c1ccccc1Nc1ccc(OC(F)F)cc1. The molecule has 1 atom stereocenters. The number of amides is 1. The summed E-state index contributed by atoms with van der Waals surface area (Å²) >= 11 is 0. The molecule has 0 aliphatic carbocycles. The summed E-state index contributed by atoms with van der Waals surface area (Å²) in [6, 6.07) is 12.2. The van der Waals surface area contributed by atoms with Gasteiger partial charge >= 0.3 is 12.6 Å². The molecule has 0 bridgehead atoms. The van der Waals surface area contributed by atoms with Crippen molar-refractivity contribution in [1.82, 2.24) is 5.32 Å². The number of hydrogen-bond acceptors (Lipinski definition) is 6. The number of rotatable bonds is 10. The molecule has 7 nitrogen and oxygen atoms in total. The molecule has 0 spiro atoms. The Balaban J connectivity index is 1.98. The van der Waals surface area contributed by atoms with Crippen molar-refractivity contribution in [3.63, 3.8) is 0 Å². The second-order valence-corrected chi connectivity index (χ2v) is 6.07. The molecular weight excluding hydrogens is 386 g/mol. The summed E-state index contributed by atoms with van der Waals surface area (Å²) in [7, 11) is 1.52. The fraction of sp³-hybridized carbons (Fsp3) is 0.300. The van der Waals surface area contributed by atoms with Crippen LogP contribution in [0.3, 0.4) is 0 Å². The first-order valence-corrected chi connectivity index (χ1v) is 8.75. The maximum absolute atomic E-state index is 12.4. The summed E-state index contributed by atoms with van der Waals surface area (Å²) < 4.78 is 38.7. The van der Waals surface area contributed by atoms with Gasteiger partial charge in [-0.25, -0.2) is 4.79 Å². The van der Waals surface area contributed by atoms with Crippen LogP contribution < -0.4 is 15.4 Å². The van der Waals surface area contributed by atoms with Crippen molar-refractivity contribution in [3.05, 3.63) is 54.1 Å². The van der Waals surface area contributed by atoms with E-state index in [4.69, 9.17) is 9.47 Å². The van der Waals surface area contributed by atoms with Crippen LogP contribution in [-0.2, 0) is 14.3 Å². The van der Waals surface area contributed by atoms with Gasteiger partial charge < -0.3 is 24.8 Å². The summed E-state index contributed by atoms with van der Waals surface area (Å²) in [5.41, 5.74) is 1.21. The average molecular weight is 408 g/mol. The van der Waals surface area contributed by atoms with Crippen molar-refractivity contribution in [2.75, 3.05) is 25.6 Å². The van der Waals surface area contributed by atoms with E-state index in [1.54, 1.807) is 31.2 Å². The van der Waals surface area contributed by atoms with Crippen molar-refractivity contribution in [2.24, 2.45) is 0 Å². The molecule has 2 aromatic carbocycles. The van der Waals surface area contributed by atoms with Crippen LogP contribution in [0, 0.1) is 0 Å². The van der Waals surface area contributed by atoms with E-state index in [1.165, 1.54) is 31.4 Å². The molecule has 0 fully saturated rings. The highest BCUT2D eigenvalue weighted by atomic mass is 19.3. The average Bonchev–Trinajstić information content (AvgIpc) is 2.68. The monoisotopic (exact) mass is 408 g/mol. The zero-order valence-electron chi connectivity index (χ0n) is 16.0. The lowest BCUT2D eigenvalue weighted by Gasteiger charge is -2.14. The van der Waals surface area contributed by atoms with Gasteiger partial charge in [0.25, 0.3) is 5.91 Å². The van der Waals surface area contributed by atoms with Crippen molar-refractivity contribution in [3.8, 4) is 5.75 Å². The van der Waals surface area contributed by atoms with Crippen LogP contribution >= 0.6 is 0 Å². The van der Waals surface area contributed by atoms with Crippen LogP contribution in [0.2, 0.25) is 0 Å². The molecular formula is C20H22F2N2O5. The highest BCUT2D eigenvalue weighted by Gasteiger charge is 2.15. The Morgan fingerprint density at radius 3 is 2.41 bits per heavy atom. The highest BCUT2D eigenvalue weighted by Crippen LogP contribution is 2.24. The number of para-hydroxylation sites is 1. The standard InChI is InChI=1S/C20H22F2N2O5/c1-13(11-27-2)23-18(25)12-28-19(26)16-5-3-4-6-17(16)24-14-7-9-15(10-8-14)29-20(21)22/h3-10,13,20,24H,11-12H2,1-2H3,(H,23,25). The molecule has 156 valence electrons. The summed E-state index contributed by atoms with van der Waals surface area (Å²) in [5, 5.41) is 5.65. The third-order valence-electron chi connectivity index (χ3n) is 3.66. The maximum Gasteiger partial charge on any atom is 0.387 e. The number of hydrogen-bond donors (Lipinski definition) is 2. The van der Waals surface area contributed by atoms with Gasteiger partial charge in [0.15, 0.2) is 6.61 Å². The molecule has 9 heteroatoms. The van der Waals surface area contributed by atoms with Crippen LogP contribution in [-0.4, -0.2) is 44.9 Å². The second-order valence-electron chi connectivity index (χ2n) is 6.07. The number of ether oxygens (including phenoxy) is 3. The number of esters is 1. The summed E-state index contributed by atoms with van der Waals surface area (Å²) in [4.78, 5) is 24.2. The topological polar surface area (TPSA) is 85.9 Å². The molecule has 0 radical (unpaired) electrons. The number of nitrogens with one attached hydrogen (secondary N) is 2. The Bertz CT molecular complexity index is 815. The molecule has 0 heterocycles. The van der Waals surface area contributed by atoms with Crippen LogP contribution in [0.5, 0.6) is 5.75 Å². The van der Waals surface area contributed by atoms with E-state index in [-0.39, 0.29) is 17.4 Å². The molecule has 2 aromatic rings. The molecule has 29 heavy (non-hydrogen) atoms. The molecule has 2 rings (SSSR count). The van der Waals surface area contributed by atoms with Gasteiger partial charge in [-0.1, -0.05) is 12.1 Å². The quantitative estimate of drug-likeness (QED) is 0.587. The number of carbonyl (C=O) groups excluding carboxylic acids is 2. The lowest BCUT2D eigenvalue weighted by molar-refractivity contribution is -0.125. The Morgan fingerprint density at radius 2 is 1.76 bits per heavy atom. The van der Waals surface area contributed by atoms with Gasteiger partial charge in [-0.3, -0.25) is 4.79 Å². The number of anilines is 2. The zero-order chi connectivity index (χ0) is 21.2. The van der Waals surface area contributed by atoms with Gasteiger partial charge in [0.1, 0.15) is 5.75 Å². The van der Waals surface area contributed by atoms with Crippen LogP contribution in [0.25, 0.3) is 0 Å². The van der Waals surface area contributed by atoms with Crippen molar-refractivity contribution in [1.29, 1.82) is 0 Å². The second kappa shape index (κ2) is 11.0. The van der Waals surface area contributed by atoms with Gasteiger partial charge in [-0.2, -0.15) is 8.78 Å². The fourth-order valence-corrected chi connectivity index (χ4v) is 2.46. The molecule has 0 aliphatic heterocycles. The highest BCUT2D eigenvalue weighted by molar-refractivity contribution is 5.97. The minimum absolute atomic E-state index is 0.0203. The Labute approximate surface area is 167 Å². The Kier molecular flexibility index (Phi) is 8.35. The van der Waals surface area contributed by atoms with E-state index < -0.39 is 25.1 Å². The van der Waals surface area contributed by atoms with Crippen molar-refractivity contribution < 1.29 is 32.6 Å². The summed E-state index contributed by atoms with van der Waals surface area (Å²) in [6.07, 6.45) is 0. The van der Waals surface area contributed by atoms with Crippen LogP contribution in [0.4, 0.5) is 20.2 Å². The first-order chi connectivity index (χ1) is 13.9. The number of halogens is 2. The first kappa shape index (κ1) is 22.1.